The minimum absolute atomic E-state index is 0.137. The van der Waals surface area contributed by atoms with Gasteiger partial charge in [0, 0.05) is 26.9 Å². The fourth-order valence-corrected chi connectivity index (χ4v) is 3.15. The number of benzene rings is 1. The Hall–Kier alpha value is -2.07. The Morgan fingerprint density at radius 3 is 1.05 bits per heavy atom. The molecule has 0 unspecified atom stereocenters. The molecule has 0 aliphatic rings. The van der Waals surface area contributed by atoms with E-state index in [1.807, 2.05) is 0 Å². The summed E-state index contributed by atoms with van der Waals surface area (Å²) in [6.07, 6.45) is 0. The van der Waals surface area contributed by atoms with Crippen LogP contribution >= 0.6 is 0 Å². The van der Waals surface area contributed by atoms with Crippen molar-refractivity contribution >= 4 is 5.78 Å². The summed E-state index contributed by atoms with van der Waals surface area (Å²) < 4.78 is 65.7. The number of hydrogen-bond acceptors (Lipinski definition) is 13. The van der Waals surface area contributed by atoms with Crippen LogP contribution in [0.4, 0.5) is 0 Å². The molecule has 1 aromatic rings. The van der Waals surface area contributed by atoms with Crippen LogP contribution in [0, 0.1) is 0 Å². The van der Waals surface area contributed by atoms with Crippen LogP contribution in [0.15, 0.2) is 12.1 Å². The summed E-state index contributed by atoms with van der Waals surface area (Å²) in [6, 6.07) is 3.27. The van der Waals surface area contributed by atoms with Crippen LogP contribution in [-0.4, -0.2) is 146 Å². The second-order valence-electron chi connectivity index (χ2n) is 8.56. The molecule has 0 spiro atoms. The number of carbonyl (C=O) groups excluding carboxylic acids is 1. The molecule has 0 radical (unpaired) electrons. The summed E-state index contributed by atoms with van der Waals surface area (Å²) in [4.78, 5) is 12.2. The van der Waals surface area contributed by atoms with Crippen LogP contribution in [0.3, 0.4) is 0 Å². The van der Waals surface area contributed by atoms with Crippen molar-refractivity contribution in [2.24, 2.45) is 0 Å². The predicted molar refractivity (Wildman–Crippen MR) is 153 cm³/mol. The van der Waals surface area contributed by atoms with Crippen LogP contribution < -0.4 is 14.2 Å². The van der Waals surface area contributed by atoms with Gasteiger partial charge in [-0.3, -0.25) is 4.79 Å². The Morgan fingerprint density at radius 2 is 0.738 bits per heavy atom. The maximum atomic E-state index is 12.2. The van der Waals surface area contributed by atoms with Gasteiger partial charge in [0.1, 0.15) is 19.8 Å². The van der Waals surface area contributed by atoms with Gasteiger partial charge in [-0.1, -0.05) is 0 Å². The number of ether oxygens (including phenoxy) is 12. The first-order valence-corrected chi connectivity index (χ1v) is 14.1. The first-order chi connectivity index (χ1) is 20.6. The lowest BCUT2D eigenvalue weighted by molar-refractivity contribution is 0.0146. The van der Waals surface area contributed by atoms with Gasteiger partial charge in [0.15, 0.2) is 17.3 Å². The van der Waals surface area contributed by atoms with E-state index in [9.17, 15) is 4.79 Å². The van der Waals surface area contributed by atoms with Crippen molar-refractivity contribution in [2.45, 2.75) is 6.92 Å². The van der Waals surface area contributed by atoms with Crippen LogP contribution in [0.5, 0.6) is 17.2 Å². The van der Waals surface area contributed by atoms with Gasteiger partial charge in [-0.15, -0.1) is 0 Å². The standard InChI is InChI=1S/C29H50O13/c1-25(30)26-23-27(40-20-17-37-14-11-34-8-5-31-2)29(42-22-19-39-16-13-36-10-7-33-4)28(24-26)41-21-18-38-15-12-35-9-6-32-3/h23-24H,5-22H2,1-4H3. The van der Waals surface area contributed by atoms with Crippen LogP contribution in [0.2, 0.25) is 0 Å². The van der Waals surface area contributed by atoms with E-state index in [4.69, 9.17) is 56.8 Å². The van der Waals surface area contributed by atoms with E-state index in [2.05, 4.69) is 0 Å². The molecule has 0 N–H and O–H groups in total. The monoisotopic (exact) mass is 606 g/mol. The zero-order valence-electron chi connectivity index (χ0n) is 25.7. The highest BCUT2D eigenvalue weighted by atomic mass is 16.6. The summed E-state index contributed by atoms with van der Waals surface area (Å²) in [5.74, 6) is 0.966. The maximum absolute atomic E-state index is 12.2. The van der Waals surface area contributed by atoms with Gasteiger partial charge in [0.2, 0.25) is 5.75 Å². The van der Waals surface area contributed by atoms with E-state index >= 15 is 0 Å². The third-order valence-corrected chi connectivity index (χ3v) is 5.28. The molecule has 1 aromatic carbocycles. The molecule has 0 saturated carbocycles. The average Bonchev–Trinajstić information content (AvgIpc) is 2.99. The first kappa shape index (κ1) is 38.0. The van der Waals surface area contributed by atoms with Crippen LogP contribution in [-0.2, 0) is 42.6 Å². The Bertz CT molecular complexity index is 735. The Balaban J connectivity index is 2.69. The van der Waals surface area contributed by atoms with Crippen molar-refractivity contribution < 1.29 is 61.6 Å². The Morgan fingerprint density at radius 1 is 0.452 bits per heavy atom. The molecule has 0 heterocycles. The lowest BCUT2D eigenvalue weighted by Gasteiger charge is -2.18. The van der Waals surface area contributed by atoms with E-state index in [1.165, 1.54) is 6.92 Å². The number of Topliss-reactive ketones (excluding diaryl/α,β-unsaturated/α-hetero) is 1. The van der Waals surface area contributed by atoms with Crippen molar-refractivity contribution in [2.75, 3.05) is 140 Å². The minimum atomic E-state index is -0.137. The lowest BCUT2D eigenvalue weighted by atomic mass is 10.1. The molecule has 13 heteroatoms. The molecule has 244 valence electrons. The number of methoxy groups -OCH3 is 3. The van der Waals surface area contributed by atoms with Gasteiger partial charge in [0.05, 0.1) is 99.1 Å². The molecule has 0 fully saturated rings. The van der Waals surface area contributed by atoms with Gasteiger partial charge in [-0.05, 0) is 19.1 Å². The highest BCUT2D eigenvalue weighted by molar-refractivity contribution is 5.95. The molecule has 1 rings (SSSR count). The van der Waals surface area contributed by atoms with Crippen molar-refractivity contribution in [3.63, 3.8) is 0 Å². The summed E-state index contributed by atoms with van der Waals surface area (Å²) in [5, 5.41) is 0. The Kier molecular flexibility index (Phi) is 25.1. The van der Waals surface area contributed by atoms with Crippen LogP contribution in [0.25, 0.3) is 0 Å². The van der Waals surface area contributed by atoms with Gasteiger partial charge in [-0.2, -0.15) is 0 Å². The summed E-state index contributed by atoms with van der Waals surface area (Å²) in [6.45, 7) is 8.87. The molecule has 0 bridgehead atoms. The second-order valence-corrected chi connectivity index (χ2v) is 8.56. The SMILES string of the molecule is COCCOCCOCCOc1cc(C(C)=O)cc(OCCOCCOCCOC)c1OCCOCCOCCOC. The van der Waals surface area contributed by atoms with E-state index in [-0.39, 0.29) is 25.6 Å². The third kappa shape index (κ3) is 19.9. The molecule has 0 atom stereocenters. The molecular weight excluding hydrogens is 556 g/mol. The highest BCUT2D eigenvalue weighted by Crippen LogP contribution is 2.39. The van der Waals surface area contributed by atoms with E-state index < -0.39 is 0 Å². The summed E-state index contributed by atoms with van der Waals surface area (Å²) in [5.41, 5.74) is 0.428. The lowest BCUT2D eigenvalue weighted by Crippen LogP contribution is -2.16. The number of rotatable bonds is 31. The molecule has 0 aliphatic heterocycles. The van der Waals surface area contributed by atoms with Gasteiger partial charge < -0.3 is 56.8 Å². The molecule has 42 heavy (non-hydrogen) atoms. The average molecular weight is 607 g/mol. The Labute approximate surface area is 249 Å². The molecule has 0 saturated heterocycles. The summed E-state index contributed by atoms with van der Waals surface area (Å²) in [7, 11) is 4.87. The van der Waals surface area contributed by atoms with Crippen molar-refractivity contribution in [3.8, 4) is 17.2 Å². The zero-order chi connectivity index (χ0) is 30.5. The minimum Gasteiger partial charge on any atom is -0.487 e. The normalized spacial score (nSPS) is 11.1. The van der Waals surface area contributed by atoms with Crippen LogP contribution in [0.1, 0.15) is 17.3 Å². The number of ketones is 1. The van der Waals surface area contributed by atoms with Crippen molar-refractivity contribution in [1.29, 1.82) is 0 Å². The largest absolute Gasteiger partial charge is 0.487 e. The van der Waals surface area contributed by atoms with Gasteiger partial charge >= 0.3 is 0 Å². The molecule has 13 nitrogen and oxygen atoms in total. The maximum Gasteiger partial charge on any atom is 0.203 e. The number of carbonyl (C=O) groups is 1. The van der Waals surface area contributed by atoms with E-state index in [0.29, 0.717) is 122 Å². The van der Waals surface area contributed by atoms with Gasteiger partial charge in [-0.25, -0.2) is 0 Å². The summed E-state index contributed by atoms with van der Waals surface area (Å²) >= 11 is 0. The third-order valence-electron chi connectivity index (χ3n) is 5.28. The smallest absolute Gasteiger partial charge is 0.203 e. The molecule has 0 aromatic heterocycles. The van der Waals surface area contributed by atoms with Crippen molar-refractivity contribution in [1.82, 2.24) is 0 Å². The second kappa shape index (κ2) is 27.7. The zero-order valence-corrected chi connectivity index (χ0v) is 25.7. The van der Waals surface area contributed by atoms with Gasteiger partial charge in [0.25, 0.3) is 0 Å². The number of hydrogen-bond donors (Lipinski definition) is 0. The highest BCUT2D eigenvalue weighted by Gasteiger charge is 2.18. The topological polar surface area (TPSA) is 128 Å². The molecule has 0 amide bonds. The van der Waals surface area contributed by atoms with E-state index in [0.717, 1.165) is 0 Å². The fourth-order valence-electron chi connectivity index (χ4n) is 3.15. The first-order valence-electron chi connectivity index (χ1n) is 14.1. The quantitative estimate of drug-likeness (QED) is 0.0905. The predicted octanol–water partition coefficient (Wildman–Crippen LogP) is 2.06. The fraction of sp³-hybridized carbons (Fsp3) is 0.759. The molecule has 0 aliphatic carbocycles. The van der Waals surface area contributed by atoms with E-state index in [1.54, 1.807) is 33.5 Å². The molecular formula is C29H50O13. The van der Waals surface area contributed by atoms with Crippen molar-refractivity contribution in [3.05, 3.63) is 17.7 Å².